The molecule has 2 N–H and O–H groups in total. The van der Waals surface area contributed by atoms with Crippen LogP contribution in [0.5, 0.6) is 0 Å². The van der Waals surface area contributed by atoms with Gasteiger partial charge in [-0.3, -0.25) is 4.79 Å². The average Bonchev–Trinajstić information content (AvgIpc) is 3.22. The van der Waals surface area contributed by atoms with Crippen molar-refractivity contribution in [3.05, 3.63) is 40.9 Å². The quantitative estimate of drug-likeness (QED) is 0.907. The molecule has 2 heterocycles. The topological polar surface area (TPSA) is 59.2 Å². The number of rotatable bonds is 5. The molecular weight excluding hydrogens is 318 g/mol. The Bertz CT molecular complexity index is 710. The summed E-state index contributed by atoms with van der Waals surface area (Å²) >= 11 is 1.60. The number of carbonyl (C=O) groups excluding carboxylic acids is 1. The predicted molar refractivity (Wildman–Crippen MR) is 99.0 cm³/mol. The van der Waals surface area contributed by atoms with Crippen molar-refractivity contribution in [1.82, 2.24) is 9.88 Å². The van der Waals surface area contributed by atoms with Crippen LogP contribution in [0.4, 0.5) is 0 Å². The standard InChI is InChI=1S/C19H25N3OS/c1-3-14-4-6-15(7-5-14)18-21-16(11-24-18)10-17(23)22-9-8-19(2,12-20)13-22/h4-7,11H,3,8-10,12-13,20H2,1-2H3. The van der Waals surface area contributed by atoms with E-state index in [2.05, 4.69) is 43.1 Å². The highest BCUT2D eigenvalue weighted by molar-refractivity contribution is 7.13. The van der Waals surface area contributed by atoms with Crippen LogP contribution in [0.15, 0.2) is 29.6 Å². The minimum atomic E-state index is 0.0733. The van der Waals surface area contributed by atoms with Crippen LogP contribution < -0.4 is 5.73 Å². The minimum absolute atomic E-state index is 0.0733. The summed E-state index contributed by atoms with van der Waals surface area (Å²) in [5, 5.41) is 2.98. The van der Waals surface area contributed by atoms with Gasteiger partial charge in [0.05, 0.1) is 12.1 Å². The Kier molecular flexibility index (Phi) is 5.01. The first kappa shape index (κ1) is 17.1. The summed E-state index contributed by atoms with van der Waals surface area (Å²) in [5.41, 5.74) is 9.20. The third-order valence-corrected chi connectivity index (χ3v) is 5.84. The second-order valence-electron chi connectivity index (χ2n) is 6.95. The van der Waals surface area contributed by atoms with Crippen molar-refractivity contribution >= 4 is 17.2 Å². The maximum Gasteiger partial charge on any atom is 0.228 e. The van der Waals surface area contributed by atoms with Gasteiger partial charge in [0.1, 0.15) is 5.01 Å². The molecule has 1 fully saturated rings. The molecule has 1 unspecified atom stereocenters. The highest BCUT2D eigenvalue weighted by atomic mass is 32.1. The molecular formula is C19H25N3OS. The number of aryl methyl sites for hydroxylation is 1. The van der Waals surface area contributed by atoms with Crippen molar-refractivity contribution in [2.45, 2.75) is 33.1 Å². The fourth-order valence-electron chi connectivity index (χ4n) is 3.07. The molecule has 0 aliphatic carbocycles. The van der Waals surface area contributed by atoms with Gasteiger partial charge in [0.25, 0.3) is 0 Å². The van der Waals surface area contributed by atoms with Crippen molar-refractivity contribution in [2.24, 2.45) is 11.1 Å². The van der Waals surface area contributed by atoms with Crippen LogP contribution >= 0.6 is 11.3 Å². The molecule has 2 aromatic rings. The first-order chi connectivity index (χ1) is 11.5. The monoisotopic (exact) mass is 343 g/mol. The molecule has 128 valence electrons. The maximum absolute atomic E-state index is 12.5. The molecule has 24 heavy (non-hydrogen) atoms. The molecule has 0 radical (unpaired) electrons. The van der Waals surface area contributed by atoms with Gasteiger partial charge in [-0.2, -0.15) is 0 Å². The smallest absolute Gasteiger partial charge is 0.228 e. The van der Waals surface area contributed by atoms with Gasteiger partial charge in [-0.05, 0) is 30.4 Å². The molecule has 0 spiro atoms. The number of hydrogen-bond acceptors (Lipinski definition) is 4. The van der Waals surface area contributed by atoms with Crippen LogP contribution in [-0.4, -0.2) is 35.4 Å². The predicted octanol–water partition coefficient (Wildman–Crippen LogP) is 3.11. The molecule has 1 aliphatic heterocycles. The van der Waals surface area contributed by atoms with Crippen molar-refractivity contribution in [2.75, 3.05) is 19.6 Å². The van der Waals surface area contributed by atoms with Crippen LogP contribution in [0.1, 0.15) is 31.5 Å². The normalized spacial score (nSPS) is 20.5. The van der Waals surface area contributed by atoms with E-state index in [1.807, 2.05) is 10.3 Å². The molecule has 1 aromatic carbocycles. The number of nitrogens with two attached hydrogens (primary N) is 1. The first-order valence-electron chi connectivity index (χ1n) is 8.54. The molecule has 1 amide bonds. The van der Waals surface area contributed by atoms with Gasteiger partial charge in [-0.25, -0.2) is 4.98 Å². The van der Waals surface area contributed by atoms with E-state index >= 15 is 0 Å². The van der Waals surface area contributed by atoms with E-state index in [1.54, 1.807) is 11.3 Å². The Morgan fingerprint density at radius 1 is 1.38 bits per heavy atom. The molecule has 1 atom stereocenters. The molecule has 1 aliphatic rings. The number of carbonyl (C=O) groups is 1. The summed E-state index contributed by atoms with van der Waals surface area (Å²) < 4.78 is 0. The second-order valence-corrected chi connectivity index (χ2v) is 7.81. The van der Waals surface area contributed by atoms with Crippen molar-refractivity contribution in [3.8, 4) is 10.6 Å². The SMILES string of the molecule is CCc1ccc(-c2nc(CC(=O)N3CCC(C)(CN)C3)cs2)cc1. The van der Waals surface area contributed by atoms with Gasteiger partial charge in [-0.1, -0.05) is 38.1 Å². The van der Waals surface area contributed by atoms with E-state index in [0.29, 0.717) is 13.0 Å². The Morgan fingerprint density at radius 2 is 2.12 bits per heavy atom. The lowest BCUT2D eigenvalue weighted by Gasteiger charge is -2.22. The van der Waals surface area contributed by atoms with Gasteiger partial charge in [0, 0.05) is 24.0 Å². The number of likely N-dealkylation sites (tertiary alicyclic amines) is 1. The van der Waals surface area contributed by atoms with E-state index in [-0.39, 0.29) is 11.3 Å². The number of aromatic nitrogens is 1. The van der Waals surface area contributed by atoms with E-state index < -0.39 is 0 Å². The Labute approximate surface area is 147 Å². The van der Waals surface area contributed by atoms with Gasteiger partial charge in [0.15, 0.2) is 0 Å². The lowest BCUT2D eigenvalue weighted by molar-refractivity contribution is -0.129. The lowest BCUT2D eigenvalue weighted by atomic mass is 9.90. The molecule has 1 aromatic heterocycles. The number of amides is 1. The van der Waals surface area contributed by atoms with Gasteiger partial charge in [-0.15, -0.1) is 11.3 Å². The summed E-state index contributed by atoms with van der Waals surface area (Å²) in [6.07, 6.45) is 2.40. The van der Waals surface area contributed by atoms with Crippen LogP contribution in [0.2, 0.25) is 0 Å². The lowest BCUT2D eigenvalue weighted by Crippen LogP contribution is -2.35. The van der Waals surface area contributed by atoms with Crippen LogP contribution in [-0.2, 0) is 17.6 Å². The number of thiazole rings is 1. The zero-order valence-electron chi connectivity index (χ0n) is 14.4. The van der Waals surface area contributed by atoms with E-state index in [0.717, 1.165) is 42.2 Å². The summed E-state index contributed by atoms with van der Waals surface area (Å²) in [6.45, 7) is 6.50. The fourth-order valence-corrected chi connectivity index (χ4v) is 3.90. The first-order valence-corrected chi connectivity index (χ1v) is 9.42. The number of benzene rings is 1. The Balaban J connectivity index is 1.64. The molecule has 5 heteroatoms. The third-order valence-electron chi connectivity index (χ3n) is 4.90. The molecule has 1 saturated heterocycles. The van der Waals surface area contributed by atoms with Crippen molar-refractivity contribution < 1.29 is 4.79 Å². The second kappa shape index (κ2) is 7.03. The zero-order valence-corrected chi connectivity index (χ0v) is 15.2. The van der Waals surface area contributed by atoms with Crippen LogP contribution in [0, 0.1) is 5.41 Å². The molecule has 3 rings (SSSR count). The van der Waals surface area contributed by atoms with Crippen LogP contribution in [0.25, 0.3) is 10.6 Å². The minimum Gasteiger partial charge on any atom is -0.342 e. The maximum atomic E-state index is 12.5. The van der Waals surface area contributed by atoms with Gasteiger partial charge >= 0.3 is 0 Å². The molecule has 4 nitrogen and oxygen atoms in total. The molecule has 0 bridgehead atoms. The fraction of sp³-hybridized carbons (Fsp3) is 0.474. The van der Waals surface area contributed by atoms with Crippen LogP contribution in [0.3, 0.4) is 0 Å². The highest BCUT2D eigenvalue weighted by Gasteiger charge is 2.34. The van der Waals surface area contributed by atoms with Crippen molar-refractivity contribution in [1.29, 1.82) is 0 Å². The van der Waals surface area contributed by atoms with Gasteiger partial charge < -0.3 is 10.6 Å². The van der Waals surface area contributed by atoms with E-state index in [1.165, 1.54) is 5.56 Å². The number of nitrogens with zero attached hydrogens (tertiary/aromatic N) is 2. The summed E-state index contributed by atoms with van der Waals surface area (Å²) in [7, 11) is 0. The van der Waals surface area contributed by atoms with E-state index in [4.69, 9.17) is 5.73 Å². The van der Waals surface area contributed by atoms with Gasteiger partial charge in [0.2, 0.25) is 5.91 Å². The Hall–Kier alpha value is -1.72. The zero-order chi connectivity index (χ0) is 17.2. The third kappa shape index (κ3) is 3.68. The average molecular weight is 343 g/mol. The highest BCUT2D eigenvalue weighted by Crippen LogP contribution is 2.29. The van der Waals surface area contributed by atoms with Crippen molar-refractivity contribution in [3.63, 3.8) is 0 Å². The number of hydrogen-bond donors (Lipinski definition) is 1. The molecule has 0 saturated carbocycles. The largest absolute Gasteiger partial charge is 0.342 e. The Morgan fingerprint density at radius 3 is 2.75 bits per heavy atom. The summed E-state index contributed by atoms with van der Waals surface area (Å²) in [5.74, 6) is 0.158. The summed E-state index contributed by atoms with van der Waals surface area (Å²) in [6, 6.07) is 8.49. The van der Waals surface area contributed by atoms with E-state index in [9.17, 15) is 4.79 Å². The summed E-state index contributed by atoms with van der Waals surface area (Å²) in [4.78, 5) is 19.1.